The van der Waals surface area contributed by atoms with Crippen LogP contribution >= 0.6 is 0 Å². The topological polar surface area (TPSA) is 109 Å². The Morgan fingerprint density at radius 1 is 1.24 bits per heavy atom. The minimum absolute atomic E-state index is 0.367. The van der Waals surface area contributed by atoms with Crippen LogP contribution < -0.4 is 0 Å². The fourth-order valence-electron chi connectivity index (χ4n) is 6.42. The fourth-order valence-corrected chi connectivity index (χ4v) is 6.42. The van der Waals surface area contributed by atoms with Gasteiger partial charge in [0.05, 0.1) is 11.3 Å². The van der Waals surface area contributed by atoms with Crippen LogP contribution in [0.25, 0.3) is 0 Å². The molecule has 138 valence electrons. The molecular formula is C18H24O7. The first-order valence-electron chi connectivity index (χ1n) is 8.86. The van der Waals surface area contributed by atoms with E-state index in [0.717, 1.165) is 0 Å². The summed E-state index contributed by atoms with van der Waals surface area (Å²) in [5.41, 5.74) is -3.19. The van der Waals surface area contributed by atoms with E-state index in [9.17, 15) is 20.1 Å². The number of epoxide rings is 1. The molecule has 7 nitrogen and oxygen atoms in total. The van der Waals surface area contributed by atoms with Gasteiger partial charge in [0, 0.05) is 12.3 Å². The summed E-state index contributed by atoms with van der Waals surface area (Å²) in [5.74, 6) is -3.21. The minimum Gasteiger partial charge on any atom is -0.459 e. The van der Waals surface area contributed by atoms with Crippen molar-refractivity contribution in [1.82, 2.24) is 0 Å². The highest BCUT2D eigenvalue weighted by Crippen LogP contribution is 2.75. The number of aliphatic hydroxyl groups is 3. The van der Waals surface area contributed by atoms with Crippen LogP contribution in [0.5, 0.6) is 0 Å². The van der Waals surface area contributed by atoms with Gasteiger partial charge in [-0.15, -0.1) is 0 Å². The smallest absolute Gasteiger partial charge is 0.313 e. The zero-order chi connectivity index (χ0) is 18.2. The SMILES string of the molecule is C=C(C)[C@@H]1[C@H]2OC(=O)[C@@H]1[C@]1(O)[C@H]3O[C@H]3[C@@]3(CC[C@](C)(O)O3)[C@]1(C)[C@@H]2O. The molecule has 2 bridgehead atoms. The van der Waals surface area contributed by atoms with Crippen LogP contribution in [0.1, 0.15) is 33.6 Å². The Labute approximate surface area is 145 Å². The van der Waals surface area contributed by atoms with Crippen molar-refractivity contribution in [2.45, 2.75) is 75.0 Å². The molecule has 2 aliphatic carbocycles. The number of hydrogen-bond acceptors (Lipinski definition) is 7. The molecule has 0 radical (unpaired) electrons. The molecule has 0 unspecified atom stereocenters. The van der Waals surface area contributed by atoms with Gasteiger partial charge in [-0.25, -0.2) is 0 Å². The summed E-state index contributed by atoms with van der Waals surface area (Å²) in [6, 6.07) is 0. The van der Waals surface area contributed by atoms with Gasteiger partial charge in [0.1, 0.15) is 35.6 Å². The first kappa shape index (κ1) is 16.2. The van der Waals surface area contributed by atoms with Crippen molar-refractivity contribution >= 4 is 5.97 Å². The van der Waals surface area contributed by atoms with Crippen molar-refractivity contribution in [3.63, 3.8) is 0 Å². The molecular weight excluding hydrogens is 328 g/mol. The molecule has 0 amide bonds. The first-order chi connectivity index (χ1) is 11.5. The summed E-state index contributed by atoms with van der Waals surface area (Å²) in [7, 11) is 0. The second-order valence-corrected chi connectivity index (χ2v) is 8.87. The molecule has 0 aromatic heterocycles. The lowest BCUT2D eigenvalue weighted by molar-refractivity contribution is -0.313. The third kappa shape index (κ3) is 1.44. The molecule has 0 aromatic rings. The highest BCUT2D eigenvalue weighted by Gasteiger charge is 2.92. The van der Waals surface area contributed by atoms with E-state index in [1.807, 2.05) is 0 Å². The largest absolute Gasteiger partial charge is 0.459 e. The van der Waals surface area contributed by atoms with E-state index in [1.54, 1.807) is 20.8 Å². The summed E-state index contributed by atoms with van der Waals surface area (Å²) in [6.45, 7) is 9.03. The molecule has 2 saturated carbocycles. The highest BCUT2D eigenvalue weighted by molar-refractivity contribution is 5.80. The van der Waals surface area contributed by atoms with E-state index in [0.29, 0.717) is 18.4 Å². The molecule has 3 saturated heterocycles. The quantitative estimate of drug-likeness (QED) is 0.343. The zero-order valence-electron chi connectivity index (χ0n) is 14.6. The first-order valence-corrected chi connectivity index (χ1v) is 8.86. The van der Waals surface area contributed by atoms with Crippen LogP contribution in [0.3, 0.4) is 0 Å². The number of carbonyl (C=O) groups is 1. The zero-order valence-corrected chi connectivity index (χ0v) is 14.6. The molecule has 3 aliphatic heterocycles. The van der Waals surface area contributed by atoms with Gasteiger partial charge in [0.25, 0.3) is 0 Å². The van der Waals surface area contributed by atoms with Gasteiger partial charge < -0.3 is 29.5 Å². The van der Waals surface area contributed by atoms with Crippen molar-refractivity contribution < 1.29 is 34.3 Å². The number of rotatable bonds is 1. The lowest BCUT2D eigenvalue weighted by Gasteiger charge is -2.57. The summed E-state index contributed by atoms with van der Waals surface area (Å²) in [6.07, 6.45) is -2.20. The normalized spacial score (nSPS) is 64.2. The number of hydrogen-bond donors (Lipinski definition) is 3. The van der Waals surface area contributed by atoms with Gasteiger partial charge in [-0.3, -0.25) is 4.79 Å². The van der Waals surface area contributed by atoms with Crippen LogP contribution in [-0.2, 0) is 19.0 Å². The Morgan fingerprint density at radius 3 is 2.48 bits per heavy atom. The summed E-state index contributed by atoms with van der Waals surface area (Å²) in [5, 5.41) is 33.5. The molecule has 1 spiro atoms. The Bertz CT molecular complexity index is 704. The van der Waals surface area contributed by atoms with E-state index in [2.05, 4.69) is 6.58 Å². The molecule has 5 rings (SSSR count). The third-order valence-electron chi connectivity index (χ3n) is 7.62. The Morgan fingerprint density at radius 2 is 1.92 bits per heavy atom. The maximum absolute atomic E-state index is 12.6. The average molecular weight is 352 g/mol. The Hall–Kier alpha value is -0.990. The maximum Gasteiger partial charge on any atom is 0.313 e. The van der Waals surface area contributed by atoms with Gasteiger partial charge in [-0.1, -0.05) is 19.1 Å². The van der Waals surface area contributed by atoms with E-state index in [1.165, 1.54) is 0 Å². The van der Waals surface area contributed by atoms with E-state index in [4.69, 9.17) is 14.2 Å². The van der Waals surface area contributed by atoms with E-state index >= 15 is 0 Å². The Kier molecular flexibility index (Phi) is 2.67. The fraction of sp³-hybridized carbons (Fsp3) is 0.833. The molecule has 7 heteroatoms. The van der Waals surface area contributed by atoms with Crippen molar-refractivity contribution in [2.24, 2.45) is 17.3 Å². The molecule has 3 heterocycles. The van der Waals surface area contributed by atoms with Crippen LogP contribution in [0.15, 0.2) is 12.2 Å². The van der Waals surface area contributed by atoms with Gasteiger partial charge in [0.2, 0.25) is 0 Å². The predicted molar refractivity (Wildman–Crippen MR) is 83.1 cm³/mol. The molecule has 5 aliphatic rings. The van der Waals surface area contributed by atoms with Gasteiger partial charge in [-0.05, 0) is 20.3 Å². The molecule has 10 atom stereocenters. The van der Waals surface area contributed by atoms with Crippen molar-refractivity contribution in [2.75, 3.05) is 0 Å². The Balaban J connectivity index is 1.72. The summed E-state index contributed by atoms with van der Waals surface area (Å²) >= 11 is 0. The lowest BCUT2D eigenvalue weighted by Crippen LogP contribution is -2.73. The standard InChI is InChI=1S/C18H24O7/c1-7(2)8-9-14(20)23-10(8)11(19)16(4)17(6-5-15(3,21)25-17)12-13(24-12)18(9,16)22/h8-13,19,21-22H,1,5-6H2,2-4H3/t8-,9+,10+,11+,12+,13-,15+,16-,17-,18-/m0/s1. The number of ether oxygens (including phenoxy) is 3. The molecule has 25 heavy (non-hydrogen) atoms. The second-order valence-electron chi connectivity index (χ2n) is 8.87. The third-order valence-corrected chi connectivity index (χ3v) is 7.62. The molecule has 3 N–H and O–H groups in total. The van der Waals surface area contributed by atoms with Gasteiger partial charge in [-0.2, -0.15) is 0 Å². The monoisotopic (exact) mass is 352 g/mol. The highest BCUT2D eigenvalue weighted by atomic mass is 16.7. The number of aliphatic hydroxyl groups excluding tert-OH is 1. The van der Waals surface area contributed by atoms with Crippen LogP contribution in [0, 0.1) is 17.3 Å². The molecule has 0 aromatic carbocycles. The van der Waals surface area contributed by atoms with E-state index in [-0.39, 0.29) is 0 Å². The molecule has 5 fully saturated rings. The minimum atomic E-state index is -1.63. The lowest BCUT2D eigenvalue weighted by atomic mass is 9.51. The van der Waals surface area contributed by atoms with Gasteiger partial charge >= 0.3 is 5.97 Å². The van der Waals surface area contributed by atoms with E-state index < -0.39 is 64.6 Å². The summed E-state index contributed by atoms with van der Waals surface area (Å²) < 4.78 is 17.3. The van der Waals surface area contributed by atoms with Crippen LogP contribution in [0.2, 0.25) is 0 Å². The average Bonchev–Trinajstić information content (AvgIpc) is 3.12. The predicted octanol–water partition coefficient (Wildman–Crippen LogP) is -0.129. The summed E-state index contributed by atoms with van der Waals surface area (Å²) in [4.78, 5) is 12.6. The second kappa shape index (κ2) is 4.12. The number of esters is 1. The maximum atomic E-state index is 12.6. The van der Waals surface area contributed by atoms with Crippen molar-refractivity contribution in [1.29, 1.82) is 0 Å². The van der Waals surface area contributed by atoms with Crippen LogP contribution in [0.4, 0.5) is 0 Å². The van der Waals surface area contributed by atoms with Crippen LogP contribution in [-0.4, -0.2) is 62.7 Å². The van der Waals surface area contributed by atoms with Crippen molar-refractivity contribution in [3.05, 3.63) is 12.2 Å². The number of carbonyl (C=O) groups excluding carboxylic acids is 1. The van der Waals surface area contributed by atoms with Crippen molar-refractivity contribution in [3.8, 4) is 0 Å². The van der Waals surface area contributed by atoms with Gasteiger partial charge in [0.15, 0.2) is 5.79 Å². The number of fused-ring (bicyclic) bond motifs is 8.